The molecule has 0 saturated carbocycles. The topological polar surface area (TPSA) is 51.2 Å². The van der Waals surface area contributed by atoms with Crippen LogP contribution in [0.3, 0.4) is 0 Å². The summed E-state index contributed by atoms with van der Waals surface area (Å²) in [5, 5.41) is 0. The van der Waals surface area contributed by atoms with E-state index >= 15 is 0 Å². The average Bonchev–Trinajstić information content (AvgIpc) is 3.16. The number of ketones is 3. The molecule has 3 heteroatoms. The van der Waals surface area contributed by atoms with Gasteiger partial charge in [-0.1, -0.05) is 106 Å². The Labute approximate surface area is 240 Å². The molecule has 0 fully saturated rings. The third kappa shape index (κ3) is 9.86. The van der Waals surface area contributed by atoms with Crippen LogP contribution in [0.4, 0.5) is 0 Å². The number of Topliss-reactive ketones (excluding diaryl/α,β-unsaturated/α-hetero) is 2. The summed E-state index contributed by atoms with van der Waals surface area (Å²) in [7, 11) is 0. The van der Waals surface area contributed by atoms with E-state index in [4.69, 9.17) is 0 Å². The average molecular weight is 537 g/mol. The third-order valence-corrected chi connectivity index (χ3v) is 7.38. The van der Waals surface area contributed by atoms with Crippen LogP contribution in [-0.4, -0.2) is 17.3 Å². The van der Waals surface area contributed by atoms with Crippen LogP contribution in [-0.2, 0) is 27.2 Å². The Bertz CT molecular complexity index is 1280. The number of hydrogen-bond acceptors (Lipinski definition) is 3. The summed E-state index contributed by atoms with van der Waals surface area (Å²) < 4.78 is 0. The van der Waals surface area contributed by atoms with Gasteiger partial charge in [-0.25, -0.2) is 0 Å². The minimum absolute atomic E-state index is 0.0178. The number of hydrogen-bond donors (Lipinski definition) is 0. The van der Waals surface area contributed by atoms with E-state index in [9.17, 15) is 14.4 Å². The van der Waals surface area contributed by atoms with Crippen LogP contribution in [0.1, 0.15) is 82.9 Å². The van der Waals surface area contributed by atoms with Gasteiger partial charge in [0.05, 0.1) is 0 Å². The normalized spacial score (nSPS) is 16.4. The molecular formula is C37H44O3. The highest BCUT2D eigenvalue weighted by Crippen LogP contribution is 2.33. The molecule has 0 heterocycles. The molecule has 210 valence electrons. The minimum Gasteiger partial charge on any atom is -0.300 e. The van der Waals surface area contributed by atoms with Gasteiger partial charge < -0.3 is 4.79 Å². The standard InChI is InChI=1S/C37H44O3/c1-27(24-30-13-7-6-8-14-30)25-31-20-18-29(19-21-31)22-23-35(39)32-15-9-10-16-33(26-32)36(40)34(37(3,4)5)17-11-12-28(2)38/h6-8,13-14,16-23,32H,1,9-12,15,24-26H2,2-5H3/b23-22?,34-17+. The zero-order valence-corrected chi connectivity index (χ0v) is 24.7. The van der Waals surface area contributed by atoms with E-state index in [2.05, 4.69) is 30.8 Å². The highest BCUT2D eigenvalue weighted by molar-refractivity contribution is 6.09. The van der Waals surface area contributed by atoms with Gasteiger partial charge in [-0.05, 0) is 85.6 Å². The molecule has 0 bridgehead atoms. The van der Waals surface area contributed by atoms with Crippen molar-refractivity contribution in [2.45, 2.75) is 79.1 Å². The monoisotopic (exact) mass is 536 g/mol. The Kier molecular flexibility index (Phi) is 11.4. The van der Waals surface area contributed by atoms with Gasteiger partial charge in [-0.2, -0.15) is 0 Å². The Balaban J connectivity index is 1.61. The molecule has 0 aromatic heterocycles. The summed E-state index contributed by atoms with van der Waals surface area (Å²) >= 11 is 0. The highest BCUT2D eigenvalue weighted by Gasteiger charge is 2.29. The maximum Gasteiger partial charge on any atom is 0.184 e. The number of allylic oxidation sites excluding steroid dienone is 6. The Hall–Kier alpha value is -3.59. The first-order valence-corrected chi connectivity index (χ1v) is 14.5. The SMILES string of the molecule is C=C(Cc1ccccc1)Cc1ccc(C=CC(=O)C2CCCC=C(C(=O)/C(=C\CCC(C)=O)C(C)(C)C)C2)cc1. The van der Waals surface area contributed by atoms with Crippen LogP contribution in [0.5, 0.6) is 0 Å². The van der Waals surface area contributed by atoms with Crippen molar-refractivity contribution < 1.29 is 14.4 Å². The smallest absolute Gasteiger partial charge is 0.184 e. The second-order valence-corrected chi connectivity index (χ2v) is 12.1. The number of carbonyl (C=O) groups excluding carboxylic acids is 3. The fourth-order valence-electron chi connectivity index (χ4n) is 5.15. The molecular weight excluding hydrogens is 492 g/mol. The summed E-state index contributed by atoms with van der Waals surface area (Å²) in [4.78, 5) is 38.2. The molecule has 2 aromatic carbocycles. The Morgan fingerprint density at radius 2 is 1.60 bits per heavy atom. The van der Waals surface area contributed by atoms with Gasteiger partial charge in [0, 0.05) is 17.9 Å². The van der Waals surface area contributed by atoms with Crippen molar-refractivity contribution in [2.75, 3.05) is 0 Å². The third-order valence-electron chi connectivity index (χ3n) is 7.38. The molecule has 1 atom stereocenters. The van der Waals surface area contributed by atoms with E-state index in [0.717, 1.165) is 48.8 Å². The van der Waals surface area contributed by atoms with Gasteiger partial charge in [-0.15, -0.1) is 0 Å². The molecule has 3 rings (SSSR count). The summed E-state index contributed by atoms with van der Waals surface area (Å²) in [6.07, 6.45) is 13.1. The van der Waals surface area contributed by atoms with Crippen molar-refractivity contribution in [3.63, 3.8) is 0 Å². The lowest BCUT2D eigenvalue weighted by atomic mass is 9.79. The highest BCUT2D eigenvalue weighted by atomic mass is 16.1. The molecule has 0 N–H and O–H groups in total. The fraction of sp³-hybridized carbons (Fsp3) is 0.378. The zero-order valence-electron chi connectivity index (χ0n) is 24.7. The molecule has 0 saturated heterocycles. The van der Waals surface area contributed by atoms with Crippen molar-refractivity contribution >= 4 is 23.4 Å². The summed E-state index contributed by atoms with van der Waals surface area (Å²) in [5.74, 6) is 0.00201. The molecule has 2 aromatic rings. The van der Waals surface area contributed by atoms with Crippen LogP contribution in [0, 0.1) is 11.3 Å². The maximum absolute atomic E-state index is 13.6. The van der Waals surface area contributed by atoms with E-state index in [0.29, 0.717) is 19.3 Å². The Morgan fingerprint density at radius 3 is 2.23 bits per heavy atom. The number of carbonyl (C=O) groups is 3. The van der Waals surface area contributed by atoms with Crippen molar-refractivity contribution in [1.82, 2.24) is 0 Å². The van der Waals surface area contributed by atoms with E-state index < -0.39 is 0 Å². The molecule has 3 nitrogen and oxygen atoms in total. The first-order valence-electron chi connectivity index (χ1n) is 14.5. The van der Waals surface area contributed by atoms with Gasteiger partial charge in [0.15, 0.2) is 11.6 Å². The lowest BCUT2D eigenvalue weighted by Crippen LogP contribution is -2.22. The Morgan fingerprint density at radius 1 is 0.950 bits per heavy atom. The van der Waals surface area contributed by atoms with Crippen LogP contribution in [0.15, 0.2) is 96.1 Å². The molecule has 0 aliphatic heterocycles. The molecule has 0 spiro atoms. The first kappa shape index (κ1) is 30.9. The number of rotatable bonds is 12. The fourth-order valence-corrected chi connectivity index (χ4v) is 5.15. The molecule has 40 heavy (non-hydrogen) atoms. The zero-order chi connectivity index (χ0) is 29.1. The predicted octanol–water partition coefficient (Wildman–Crippen LogP) is 8.64. The molecule has 1 unspecified atom stereocenters. The second kappa shape index (κ2) is 14.7. The predicted molar refractivity (Wildman–Crippen MR) is 166 cm³/mol. The number of benzene rings is 2. The van der Waals surface area contributed by atoms with Gasteiger partial charge >= 0.3 is 0 Å². The quantitative estimate of drug-likeness (QED) is 0.201. The largest absolute Gasteiger partial charge is 0.300 e. The molecule has 1 aliphatic carbocycles. The molecule has 0 radical (unpaired) electrons. The molecule has 1 aliphatic rings. The van der Waals surface area contributed by atoms with Gasteiger partial charge in [0.2, 0.25) is 0 Å². The lowest BCUT2D eigenvalue weighted by molar-refractivity contribution is -0.119. The van der Waals surface area contributed by atoms with Gasteiger partial charge in [-0.3, -0.25) is 9.59 Å². The van der Waals surface area contributed by atoms with Crippen LogP contribution in [0.2, 0.25) is 0 Å². The first-order chi connectivity index (χ1) is 19.0. The minimum atomic E-state index is -0.333. The van der Waals surface area contributed by atoms with Crippen LogP contribution < -0.4 is 0 Å². The molecule has 0 amide bonds. The van der Waals surface area contributed by atoms with Crippen molar-refractivity contribution in [3.05, 3.63) is 113 Å². The summed E-state index contributed by atoms with van der Waals surface area (Å²) in [6.45, 7) is 11.9. The van der Waals surface area contributed by atoms with Crippen molar-refractivity contribution in [2.24, 2.45) is 11.3 Å². The van der Waals surface area contributed by atoms with E-state index in [-0.39, 0.29) is 28.7 Å². The lowest BCUT2D eigenvalue weighted by Gasteiger charge is -2.24. The van der Waals surface area contributed by atoms with Crippen LogP contribution in [0.25, 0.3) is 6.08 Å². The van der Waals surface area contributed by atoms with Gasteiger partial charge in [0.25, 0.3) is 0 Å². The van der Waals surface area contributed by atoms with E-state index in [1.807, 2.05) is 69.3 Å². The van der Waals surface area contributed by atoms with E-state index in [1.165, 1.54) is 16.7 Å². The summed E-state index contributed by atoms with van der Waals surface area (Å²) in [5.41, 5.74) is 5.74. The van der Waals surface area contributed by atoms with Crippen LogP contribution >= 0.6 is 0 Å². The summed E-state index contributed by atoms with van der Waals surface area (Å²) in [6, 6.07) is 18.6. The van der Waals surface area contributed by atoms with Crippen molar-refractivity contribution in [3.8, 4) is 0 Å². The van der Waals surface area contributed by atoms with E-state index in [1.54, 1.807) is 13.0 Å². The second-order valence-electron chi connectivity index (χ2n) is 12.1. The van der Waals surface area contributed by atoms with Crippen molar-refractivity contribution in [1.29, 1.82) is 0 Å². The van der Waals surface area contributed by atoms with Gasteiger partial charge in [0.1, 0.15) is 5.78 Å². The maximum atomic E-state index is 13.6.